The normalized spacial score (nSPS) is 12.4. The molecule has 25 heavy (non-hydrogen) atoms. The standard InChI is InChI=1S/C12H8N6O5S2/c13-17-15-7-3-1-5-9(11(7)24(19)20)23-10-6-2-4-8(16-18-14)12(10)25(21)22/h1-6H,(H,19,20)(H,21,22)/p-2. The second-order valence-corrected chi connectivity index (χ2v) is 5.91. The minimum atomic E-state index is -2.83. The lowest BCUT2D eigenvalue weighted by Gasteiger charge is -2.18. The number of hydrogen-bond donors (Lipinski definition) is 0. The summed E-state index contributed by atoms with van der Waals surface area (Å²) in [6, 6.07) is 7.72. The number of hydrogen-bond acceptors (Lipinski definition) is 7. The Morgan fingerprint density at radius 2 is 1.24 bits per heavy atom. The molecule has 2 aromatic rings. The van der Waals surface area contributed by atoms with Crippen molar-refractivity contribution in [1.29, 1.82) is 0 Å². The van der Waals surface area contributed by atoms with Crippen LogP contribution in [0.25, 0.3) is 20.9 Å². The highest BCUT2D eigenvalue weighted by Gasteiger charge is 2.15. The molecule has 2 atom stereocenters. The molecule has 0 amide bonds. The first kappa shape index (κ1) is 18.4. The third-order valence-corrected chi connectivity index (χ3v) is 4.26. The van der Waals surface area contributed by atoms with E-state index in [4.69, 9.17) is 15.8 Å². The van der Waals surface area contributed by atoms with Crippen LogP contribution in [0.5, 0.6) is 11.5 Å². The summed E-state index contributed by atoms with van der Waals surface area (Å²) in [4.78, 5) is 4.15. The zero-order valence-corrected chi connectivity index (χ0v) is 13.6. The molecule has 2 aromatic carbocycles. The summed E-state index contributed by atoms with van der Waals surface area (Å²) >= 11 is -5.66. The smallest absolute Gasteiger partial charge is 0.142 e. The fraction of sp³-hybridized carbons (Fsp3) is 0. The molecular weight excluding hydrogens is 372 g/mol. The van der Waals surface area contributed by atoms with E-state index < -0.39 is 32.0 Å². The van der Waals surface area contributed by atoms with E-state index in [1.807, 2.05) is 0 Å². The average Bonchev–Trinajstić information content (AvgIpc) is 2.55. The topological polar surface area (TPSA) is 187 Å². The van der Waals surface area contributed by atoms with Gasteiger partial charge >= 0.3 is 0 Å². The largest absolute Gasteiger partial charge is 0.768 e. The van der Waals surface area contributed by atoms with E-state index in [2.05, 4.69) is 20.1 Å². The minimum absolute atomic E-state index is 0.218. The van der Waals surface area contributed by atoms with Crippen LogP contribution in [0.3, 0.4) is 0 Å². The molecule has 0 spiro atoms. The van der Waals surface area contributed by atoms with Crippen LogP contribution >= 0.6 is 0 Å². The van der Waals surface area contributed by atoms with Crippen LogP contribution in [0.2, 0.25) is 0 Å². The Morgan fingerprint density at radius 3 is 1.56 bits per heavy atom. The molecule has 0 aliphatic rings. The Bertz CT molecular complexity index is 891. The first-order valence-electron chi connectivity index (χ1n) is 6.22. The Balaban J connectivity index is 2.65. The molecule has 0 aliphatic heterocycles. The maximum absolute atomic E-state index is 11.4. The van der Waals surface area contributed by atoms with E-state index in [-0.39, 0.29) is 22.9 Å². The monoisotopic (exact) mass is 378 g/mol. The van der Waals surface area contributed by atoms with E-state index in [1.54, 1.807) is 0 Å². The number of benzene rings is 2. The molecule has 0 fully saturated rings. The molecule has 0 radical (unpaired) electrons. The Labute approximate surface area is 145 Å². The van der Waals surface area contributed by atoms with Crippen molar-refractivity contribution in [3.63, 3.8) is 0 Å². The van der Waals surface area contributed by atoms with Crippen molar-refractivity contribution in [2.45, 2.75) is 9.79 Å². The van der Waals surface area contributed by atoms with Gasteiger partial charge in [-0.2, -0.15) is 0 Å². The molecule has 2 rings (SSSR count). The first-order chi connectivity index (χ1) is 12.0. The molecule has 0 saturated carbocycles. The molecule has 0 saturated heterocycles. The van der Waals surface area contributed by atoms with Gasteiger partial charge in [0.15, 0.2) is 0 Å². The van der Waals surface area contributed by atoms with Crippen LogP contribution in [0.15, 0.2) is 56.4 Å². The van der Waals surface area contributed by atoms with E-state index in [1.165, 1.54) is 36.4 Å². The lowest BCUT2D eigenvalue weighted by atomic mass is 10.3. The molecular formula is C12H6N6O5S2-2. The summed E-state index contributed by atoms with van der Waals surface area (Å²) < 4.78 is 51.2. The van der Waals surface area contributed by atoms with Gasteiger partial charge in [-0.3, -0.25) is 8.42 Å². The molecule has 128 valence electrons. The molecule has 0 bridgehead atoms. The van der Waals surface area contributed by atoms with Crippen LogP contribution in [0, 0.1) is 0 Å². The quantitative estimate of drug-likeness (QED) is 0.319. The Kier molecular flexibility index (Phi) is 6.08. The lowest BCUT2D eigenvalue weighted by Crippen LogP contribution is -1.99. The number of ether oxygens (including phenoxy) is 1. The highest BCUT2D eigenvalue weighted by Crippen LogP contribution is 2.39. The lowest BCUT2D eigenvalue weighted by molar-refractivity contribution is 0.449. The van der Waals surface area contributed by atoms with Crippen molar-refractivity contribution in [3.8, 4) is 11.5 Å². The summed E-state index contributed by atoms with van der Waals surface area (Å²) in [6.45, 7) is 0. The summed E-state index contributed by atoms with van der Waals surface area (Å²) in [7, 11) is 0. The van der Waals surface area contributed by atoms with E-state index >= 15 is 0 Å². The maximum Gasteiger partial charge on any atom is 0.142 e. The second-order valence-electron chi connectivity index (χ2n) is 4.16. The third kappa shape index (κ3) is 4.14. The van der Waals surface area contributed by atoms with Gasteiger partial charge in [0.1, 0.15) is 11.5 Å². The summed E-state index contributed by atoms with van der Waals surface area (Å²) in [5.41, 5.74) is 16.6. The van der Waals surface area contributed by atoms with E-state index in [0.29, 0.717) is 0 Å². The molecule has 11 nitrogen and oxygen atoms in total. The van der Waals surface area contributed by atoms with Crippen molar-refractivity contribution in [3.05, 3.63) is 57.3 Å². The van der Waals surface area contributed by atoms with Crippen LogP contribution in [-0.4, -0.2) is 17.5 Å². The zero-order valence-electron chi connectivity index (χ0n) is 12.0. The average molecular weight is 378 g/mol. The van der Waals surface area contributed by atoms with Gasteiger partial charge in [0.2, 0.25) is 0 Å². The molecule has 13 heteroatoms. The van der Waals surface area contributed by atoms with Crippen molar-refractivity contribution in [2.75, 3.05) is 0 Å². The third-order valence-electron chi connectivity index (χ3n) is 2.77. The van der Waals surface area contributed by atoms with Gasteiger partial charge < -0.3 is 13.8 Å². The predicted octanol–water partition coefficient (Wildman–Crippen LogP) is 3.84. The van der Waals surface area contributed by atoms with Crippen molar-refractivity contribution < 1.29 is 22.3 Å². The van der Waals surface area contributed by atoms with Gasteiger partial charge in [-0.15, -0.1) is 0 Å². The van der Waals surface area contributed by atoms with Crippen LogP contribution < -0.4 is 4.74 Å². The van der Waals surface area contributed by atoms with Crippen molar-refractivity contribution >= 4 is 33.5 Å². The zero-order chi connectivity index (χ0) is 18.4. The summed E-state index contributed by atoms with van der Waals surface area (Å²) in [5.74, 6) is -0.522. The summed E-state index contributed by atoms with van der Waals surface area (Å²) in [5, 5.41) is 6.51. The molecule has 0 aromatic heterocycles. The fourth-order valence-corrected chi connectivity index (χ4v) is 2.98. The van der Waals surface area contributed by atoms with Gasteiger partial charge in [0, 0.05) is 9.82 Å². The molecule has 2 unspecified atom stereocenters. The predicted molar refractivity (Wildman–Crippen MR) is 84.9 cm³/mol. The van der Waals surface area contributed by atoms with E-state index in [9.17, 15) is 17.5 Å². The number of rotatable bonds is 6. The van der Waals surface area contributed by atoms with Gasteiger partial charge in [0.05, 0.1) is 21.2 Å². The van der Waals surface area contributed by atoms with E-state index in [0.717, 1.165) is 0 Å². The van der Waals surface area contributed by atoms with Crippen LogP contribution in [-0.2, 0) is 22.2 Å². The van der Waals surface area contributed by atoms with Gasteiger partial charge in [-0.05, 0) is 45.4 Å². The molecule has 0 aliphatic carbocycles. The highest BCUT2D eigenvalue weighted by atomic mass is 32.2. The molecule has 0 heterocycles. The second kappa shape index (κ2) is 8.26. The van der Waals surface area contributed by atoms with Crippen LogP contribution in [0.4, 0.5) is 11.4 Å². The number of nitrogens with zero attached hydrogens (tertiary/aromatic N) is 6. The van der Waals surface area contributed by atoms with Crippen molar-refractivity contribution in [2.24, 2.45) is 10.2 Å². The van der Waals surface area contributed by atoms with Gasteiger partial charge in [0.25, 0.3) is 0 Å². The minimum Gasteiger partial charge on any atom is -0.768 e. The summed E-state index contributed by atoms with van der Waals surface area (Å²) in [6.07, 6.45) is 0. The SMILES string of the molecule is [N-]=[N+]=Nc1cccc(Oc2cccc(N=[N+]=[N-])c2S(=O)[O-])c1S(=O)[O-]. The van der Waals surface area contributed by atoms with Gasteiger partial charge in [-0.1, -0.05) is 34.5 Å². The highest BCUT2D eigenvalue weighted by molar-refractivity contribution is 7.79. The maximum atomic E-state index is 11.4. The Hall–Kier alpha value is -2.92. The number of azide groups is 2. The van der Waals surface area contributed by atoms with Crippen LogP contribution in [0.1, 0.15) is 0 Å². The van der Waals surface area contributed by atoms with Crippen molar-refractivity contribution in [1.82, 2.24) is 0 Å². The Morgan fingerprint density at radius 1 is 0.840 bits per heavy atom. The molecule has 0 N–H and O–H groups in total. The van der Waals surface area contributed by atoms with Gasteiger partial charge in [-0.25, -0.2) is 0 Å². The fourth-order valence-electron chi connectivity index (χ4n) is 1.88. The first-order valence-corrected chi connectivity index (χ1v) is 8.37.